The fraction of sp³-hybridized carbons (Fsp3) is 0.643. The van der Waals surface area contributed by atoms with Gasteiger partial charge in [-0.3, -0.25) is 9.59 Å². The number of likely N-dealkylation sites (tertiary alicyclic amines) is 1. The second kappa shape index (κ2) is 5.48. The molecule has 1 aromatic rings. The summed E-state index contributed by atoms with van der Waals surface area (Å²) in [6, 6.07) is 0. The number of carbonyl (C=O) groups is 2. The normalized spacial score (nSPS) is 27.7. The van der Waals surface area contributed by atoms with Crippen LogP contribution < -0.4 is 5.32 Å². The first kappa shape index (κ1) is 14.1. The molecule has 21 heavy (non-hydrogen) atoms. The molecule has 0 bridgehead atoms. The number of rotatable bonds is 3. The molecule has 1 aromatic heterocycles. The Kier molecular flexibility index (Phi) is 3.67. The lowest BCUT2D eigenvalue weighted by molar-refractivity contribution is -0.123. The van der Waals surface area contributed by atoms with Gasteiger partial charge in [-0.1, -0.05) is 5.16 Å². The average molecular weight is 293 g/mol. The van der Waals surface area contributed by atoms with Crippen LogP contribution in [0.5, 0.6) is 0 Å². The third-order valence-electron chi connectivity index (χ3n) is 4.27. The predicted molar refractivity (Wildman–Crippen MR) is 72.6 cm³/mol. The number of ether oxygens (including phenoxy) is 1. The Hall–Kier alpha value is -1.89. The second-order valence-electron chi connectivity index (χ2n) is 5.69. The van der Waals surface area contributed by atoms with Gasteiger partial charge in [-0.2, -0.15) is 0 Å². The highest BCUT2D eigenvalue weighted by Gasteiger charge is 2.44. The van der Waals surface area contributed by atoms with Crippen LogP contribution in [0.4, 0.5) is 0 Å². The van der Waals surface area contributed by atoms with Gasteiger partial charge in [0.25, 0.3) is 5.91 Å². The van der Waals surface area contributed by atoms with Crippen LogP contribution in [0.3, 0.4) is 0 Å². The first-order chi connectivity index (χ1) is 10.1. The zero-order valence-electron chi connectivity index (χ0n) is 12.2. The van der Waals surface area contributed by atoms with E-state index in [9.17, 15) is 9.59 Å². The summed E-state index contributed by atoms with van der Waals surface area (Å²) >= 11 is 0. The second-order valence-corrected chi connectivity index (χ2v) is 5.69. The summed E-state index contributed by atoms with van der Waals surface area (Å²) in [7, 11) is 1.62. The van der Waals surface area contributed by atoms with Gasteiger partial charge in [0.15, 0.2) is 0 Å². The Morgan fingerprint density at radius 3 is 2.90 bits per heavy atom. The molecule has 0 saturated carbocycles. The van der Waals surface area contributed by atoms with Crippen LogP contribution in [0.1, 0.15) is 28.9 Å². The largest absolute Gasteiger partial charge is 0.372 e. The van der Waals surface area contributed by atoms with E-state index in [2.05, 4.69) is 10.5 Å². The summed E-state index contributed by atoms with van der Waals surface area (Å²) in [6.07, 6.45) is 2.60. The molecule has 2 aliphatic rings. The predicted octanol–water partition coefficient (Wildman–Crippen LogP) is 0.349. The topological polar surface area (TPSA) is 84.7 Å². The van der Waals surface area contributed by atoms with Crippen LogP contribution in [0.25, 0.3) is 0 Å². The van der Waals surface area contributed by atoms with Crippen LogP contribution in [-0.2, 0) is 9.53 Å². The van der Waals surface area contributed by atoms with E-state index >= 15 is 0 Å². The minimum Gasteiger partial charge on any atom is -0.372 e. The number of hydrogen-bond acceptors (Lipinski definition) is 5. The molecule has 2 fully saturated rings. The molecule has 7 nitrogen and oxygen atoms in total. The maximum atomic E-state index is 12.4. The molecule has 0 unspecified atom stereocenters. The van der Waals surface area contributed by atoms with Crippen LogP contribution in [0.2, 0.25) is 0 Å². The van der Waals surface area contributed by atoms with Gasteiger partial charge in [-0.15, -0.1) is 0 Å². The molecule has 0 radical (unpaired) electrons. The van der Waals surface area contributed by atoms with Crippen molar-refractivity contribution in [3.05, 3.63) is 17.5 Å². The summed E-state index contributed by atoms with van der Waals surface area (Å²) < 4.78 is 10.7. The van der Waals surface area contributed by atoms with E-state index in [1.54, 1.807) is 18.9 Å². The lowest BCUT2D eigenvalue weighted by Crippen LogP contribution is -2.32. The molecule has 2 amide bonds. The van der Waals surface area contributed by atoms with E-state index in [1.165, 1.54) is 6.26 Å². The van der Waals surface area contributed by atoms with Crippen molar-refractivity contribution in [2.24, 2.45) is 5.92 Å². The van der Waals surface area contributed by atoms with E-state index in [0.29, 0.717) is 36.7 Å². The summed E-state index contributed by atoms with van der Waals surface area (Å²) in [6.45, 7) is 2.99. The van der Waals surface area contributed by atoms with Crippen molar-refractivity contribution in [3.8, 4) is 0 Å². The first-order valence-corrected chi connectivity index (χ1v) is 7.14. The third-order valence-corrected chi connectivity index (χ3v) is 4.27. The van der Waals surface area contributed by atoms with Gasteiger partial charge in [0.2, 0.25) is 5.91 Å². The zero-order valence-corrected chi connectivity index (χ0v) is 12.2. The first-order valence-electron chi connectivity index (χ1n) is 7.14. The van der Waals surface area contributed by atoms with Crippen molar-refractivity contribution in [1.82, 2.24) is 15.4 Å². The summed E-state index contributed by atoms with van der Waals surface area (Å²) in [5.74, 6) is 0.242. The van der Waals surface area contributed by atoms with Crippen LogP contribution >= 0.6 is 0 Å². The smallest absolute Gasteiger partial charge is 0.259 e. The number of aromatic nitrogens is 1. The van der Waals surface area contributed by atoms with Crippen molar-refractivity contribution in [1.29, 1.82) is 0 Å². The van der Waals surface area contributed by atoms with Crippen molar-refractivity contribution in [2.45, 2.75) is 32.0 Å². The number of aryl methyl sites for hydroxylation is 1. The number of nitrogens with one attached hydrogen (secondary N) is 1. The molecule has 2 saturated heterocycles. The molecule has 3 heterocycles. The lowest BCUT2D eigenvalue weighted by atomic mass is 10.0. The van der Waals surface area contributed by atoms with Crippen LogP contribution in [0.15, 0.2) is 10.8 Å². The summed E-state index contributed by atoms with van der Waals surface area (Å²) in [5.41, 5.74) is 1.12. The molecule has 2 aliphatic heterocycles. The highest BCUT2D eigenvalue weighted by Crippen LogP contribution is 2.34. The van der Waals surface area contributed by atoms with E-state index in [-0.39, 0.29) is 24.0 Å². The van der Waals surface area contributed by atoms with Gasteiger partial charge in [0.1, 0.15) is 11.8 Å². The molecule has 114 valence electrons. The maximum absolute atomic E-state index is 12.4. The highest BCUT2D eigenvalue weighted by molar-refractivity contribution is 5.95. The monoisotopic (exact) mass is 293 g/mol. The Bertz CT molecular complexity index is 542. The minimum absolute atomic E-state index is 0.00648. The standard InChI is InChI=1S/C14H19N3O4/c1-8-11(7-20-16-8)14(19)17-5-9-3-10(4-13(18)15-2)21-12(9)6-17/h7,9-10,12H,3-6H2,1-2H3,(H,15,18)/t9-,10-,12+/m0/s1. The van der Waals surface area contributed by atoms with E-state index < -0.39 is 0 Å². The minimum atomic E-state index is -0.0606. The van der Waals surface area contributed by atoms with E-state index in [1.807, 2.05) is 0 Å². The molecule has 0 spiro atoms. The SMILES string of the molecule is CNC(=O)C[C@@H]1C[C@H]2CN(C(=O)c3conc3C)C[C@H]2O1. The van der Waals surface area contributed by atoms with Crippen molar-refractivity contribution in [3.63, 3.8) is 0 Å². The van der Waals surface area contributed by atoms with E-state index in [4.69, 9.17) is 9.26 Å². The number of amides is 2. The molecule has 3 rings (SSSR count). The molecule has 0 aliphatic carbocycles. The molecule has 1 N–H and O–H groups in total. The van der Waals surface area contributed by atoms with Gasteiger partial charge in [-0.05, 0) is 13.3 Å². The van der Waals surface area contributed by atoms with Gasteiger partial charge >= 0.3 is 0 Å². The molecule has 7 heteroatoms. The van der Waals surface area contributed by atoms with Gasteiger partial charge in [0, 0.05) is 26.1 Å². The quantitative estimate of drug-likeness (QED) is 0.869. The Labute approximate surface area is 122 Å². The number of hydrogen-bond donors (Lipinski definition) is 1. The molecule has 0 aromatic carbocycles. The zero-order chi connectivity index (χ0) is 15.0. The molecule has 3 atom stereocenters. The fourth-order valence-electron chi connectivity index (χ4n) is 3.14. The van der Waals surface area contributed by atoms with Crippen LogP contribution in [-0.4, -0.2) is 54.2 Å². The van der Waals surface area contributed by atoms with E-state index in [0.717, 1.165) is 6.42 Å². The van der Waals surface area contributed by atoms with Gasteiger partial charge < -0.3 is 19.5 Å². The number of fused-ring (bicyclic) bond motifs is 1. The summed E-state index contributed by atoms with van der Waals surface area (Å²) in [5, 5.41) is 6.35. The average Bonchev–Trinajstić information content (AvgIpc) is 3.12. The van der Waals surface area contributed by atoms with Gasteiger partial charge in [0.05, 0.1) is 24.3 Å². The number of carbonyl (C=O) groups excluding carboxylic acids is 2. The lowest BCUT2D eigenvalue weighted by Gasteiger charge is -2.18. The van der Waals surface area contributed by atoms with Crippen molar-refractivity contribution in [2.75, 3.05) is 20.1 Å². The maximum Gasteiger partial charge on any atom is 0.259 e. The third kappa shape index (κ3) is 2.65. The Balaban J connectivity index is 1.58. The molecular formula is C14H19N3O4. The van der Waals surface area contributed by atoms with Gasteiger partial charge in [-0.25, -0.2) is 0 Å². The van der Waals surface area contributed by atoms with Crippen molar-refractivity contribution >= 4 is 11.8 Å². The summed E-state index contributed by atoms with van der Waals surface area (Å²) in [4.78, 5) is 25.5. The van der Waals surface area contributed by atoms with Crippen molar-refractivity contribution < 1.29 is 18.8 Å². The Morgan fingerprint density at radius 2 is 2.29 bits per heavy atom. The number of nitrogens with zero attached hydrogens (tertiary/aromatic N) is 2. The Morgan fingerprint density at radius 1 is 1.48 bits per heavy atom. The highest BCUT2D eigenvalue weighted by atomic mass is 16.5. The van der Waals surface area contributed by atoms with Crippen LogP contribution in [0, 0.1) is 12.8 Å². The fourth-order valence-corrected chi connectivity index (χ4v) is 3.14. The molecular weight excluding hydrogens is 274 g/mol.